The number of amides is 2. The van der Waals surface area contributed by atoms with Crippen LogP contribution in [0.4, 0.5) is 35.3 Å². The van der Waals surface area contributed by atoms with Gasteiger partial charge in [0.1, 0.15) is 11.3 Å². The molecule has 1 aliphatic rings. The quantitative estimate of drug-likeness (QED) is 0.443. The number of nitrogens with one attached hydrogen (secondary N) is 1. The number of hydrogen-bond acceptors (Lipinski definition) is 6. The number of hydrogen-bond donors (Lipinski definition) is 3. The van der Waals surface area contributed by atoms with Crippen LogP contribution in [-0.4, -0.2) is 58.2 Å². The van der Waals surface area contributed by atoms with Crippen molar-refractivity contribution in [3.05, 3.63) is 76.6 Å². The Kier molecular flexibility index (Phi) is 7.38. The topological polar surface area (TPSA) is 125 Å². The van der Waals surface area contributed by atoms with Crippen LogP contribution in [0, 0.1) is 18.8 Å². The zero-order chi connectivity index (χ0) is 27.4. The molecule has 0 unspecified atom stereocenters. The van der Waals surface area contributed by atoms with Crippen molar-refractivity contribution in [3.63, 3.8) is 0 Å². The molecule has 0 saturated carbocycles. The van der Waals surface area contributed by atoms with Crippen molar-refractivity contribution in [2.24, 2.45) is 5.73 Å². The Morgan fingerprint density at radius 2 is 1.74 bits per heavy atom. The minimum absolute atomic E-state index is 0.0770. The van der Waals surface area contributed by atoms with Crippen LogP contribution in [0.2, 0.25) is 0 Å². The van der Waals surface area contributed by atoms with E-state index in [0.29, 0.717) is 49.2 Å². The second-order valence-corrected chi connectivity index (χ2v) is 8.53. The maximum absolute atomic E-state index is 13.6. The summed E-state index contributed by atoms with van der Waals surface area (Å²) in [6, 6.07) is 11.7. The molecule has 1 aliphatic heterocycles. The highest BCUT2D eigenvalue weighted by molar-refractivity contribution is 5.94. The van der Waals surface area contributed by atoms with Gasteiger partial charge >= 0.3 is 12.3 Å². The Hall–Kier alpha value is -4.79. The summed E-state index contributed by atoms with van der Waals surface area (Å²) in [5.74, 6) is 4.33. The predicted molar refractivity (Wildman–Crippen MR) is 134 cm³/mol. The number of aryl methyl sites for hydroxylation is 1. The number of carbonyl (C=O) groups excluding carboxylic acids is 1. The van der Waals surface area contributed by atoms with Crippen LogP contribution in [0.25, 0.3) is 0 Å². The van der Waals surface area contributed by atoms with Crippen molar-refractivity contribution in [2.45, 2.75) is 13.1 Å². The van der Waals surface area contributed by atoms with Crippen molar-refractivity contribution in [3.8, 4) is 11.8 Å². The summed E-state index contributed by atoms with van der Waals surface area (Å²) in [5.41, 5.74) is 6.32. The summed E-state index contributed by atoms with van der Waals surface area (Å²) < 4.78 is 40.7. The Bertz CT molecular complexity index is 1420. The van der Waals surface area contributed by atoms with E-state index in [4.69, 9.17) is 10.8 Å². The van der Waals surface area contributed by atoms with Gasteiger partial charge in [-0.1, -0.05) is 12.0 Å². The largest absolute Gasteiger partial charge is 0.465 e. The van der Waals surface area contributed by atoms with E-state index in [1.807, 2.05) is 17.0 Å². The molecule has 196 valence electrons. The van der Waals surface area contributed by atoms with E-state index in [9.17, 15) is 22.8 Å². The second-order valence-electron chi connectivity index (χ2n) is 8.53. The average molecular weight is 525 g/mol. The number of rotatable bonds is 4. The fraction of sp³-hybridized carbons (Fsp3) is 0.231. The van der Waals surface area contributed by atoms with Gasteiger partial charge in [-0.25, -0.2) is 14.8 Å². The third kappa shape index (κ3) is 6.12. The number of halogens is 3. The lowest BCUT2D eigenvalue weighted by atomic mass is 10.0. The molecule has 2 heterocycles. The number of piperazine rings is 1. The van der Waals surface area contributed by atoms with Gasteiger partial charge in [0.25, 0.3) is 0 Å². The fourth-order valence-corrected chi connectivity index (χ4v) is 3.88. The molecule has 1 saturated heterocycles. The number of nitrogens with two attached hydrogens (primary N) is 1. The maximum atomic E-state index is 13.6. The molecule has 38 heavy (non-hydrogen) atoms. The lowest BCUT2D eigenvalue weighted by molar-refractivity contribution is -0.138. The first-order valence-corrected chi connectivity index (χ1v) is 11.5. The number of nitrogens with zero attached hydrogens (tertiary/aromatic N) is 4. The first-order chi connectivity index (χ1) is 18.0. The zero-order valence-electron chi connectivity index (χ0n) is 20.2. The first-order valence-electron chi connectivity index (χ1n) is 11.5. The SMILES string of the molecule is Cc1ccc(C#Cc2nc(Nc3ccc(N4CCN(C(=O)O)CC4)cc3)ncc2C(F)(F)F)cc1C(N)=O. The minimum Gasteiger partial charge on any atom is -0.465 e. The van der Waals surface area contributed by atoms with E-state index in [-0.39, 0.29) is 11.5 Å². The van der Waals surface area contributed by atoms with Crippen molar-refractivity contribution < 1.29 is 27.9 Å². The summed E-state index contributed by atoms with van der Waals surface area (Å²) >= 11 is 0. The molecule has 0 bridgehead atoms. The smallest absolute Gasteiger partial charge is 0.420 e. The summed E-state index contributed by atoms with van der Waals surface area (Å²) in [5, 5.41) is 12.0. The number of carboxylic acid groups (broad SMARTS) is 1. The van der Waals surface area contributed by atoms with E-state index in [1.165, 1.54) is 11.0 Å². The Morgan fingerprint density at radius 1 is 1.05 bits per heavy atom. The number of anilines is 3. The van der Waals surface area contributed by atoms with Crippen LogP contribution in [-0.2, 0) is 6.18 Å². The Balaban J connectivity index is 1.54. The molecule has 1 aromatic heterocycles. The highest BCUT2D eigenvalue weighted by Crippen LogP contribution is 2.31. The monoisotopic (exact) mass is 524 g/mol. The molecule has 2 amide bonds. The van der Waals surface area contributed by atoms with Crippen LogP contribution in [0.1, 0.15) is 32.7 Å². The van der Waals surface area contributed by atoms with Gasteiger partial charge in [0.2, 0.25) is 11.9 Å². The highest BCUT2D eigenvalue weighted by Gasteiger charge is 2.34. The van der Waals surface area contributed by atoms with Crippen molar-refractivity contribution >= 4 is 29.3 Å². The van der Waals surface area contributed by atoms with Gasteiger partial charge in [-0.05, 0) is 54.8 Å². The van der Waals surface area contributed by atoms with E-state index in [2.05, 4.69) is 27.1 Å². The van der Waals surface area contributed by atoms with Gasteiger partial charge in [0.15, 0.2) is 0 Å². The van der Waals surface area contributed by atoms with Crippen LogP contribution >= 0.6 is 0 Å². The van der Waals surface area contributed by atoms with Crippen molar-refractivity contribution in [2.75, 3.05) is 36.4 Å². The minimum atomic E-state index is -4.72. The molecule has 3 aromatic rings. The number of alkyl halides is 3. The van der Waals surface area contributed by atoms with Crippen LogP contribution in [0.3, 0.4) is 0 Å². The fourth-order valence-electron chi connectivity index (χ4n) is 3.88. The van der Waals surface area contributed by atoms with Crippen LogP contribution < -0.4 is 16.0 Å². The number of benzene rings is 2. The highest BCUT2D eigenvalue weighted by atomic mass is 19.4. The molecule has 1 fully saturated rings. The van der Waals surface area contributed by atoms with Gasteiger partial charge < -0.3 is 26.0 Å². The van der Waals surface area contributed by atoms with E-state index < -0.39 is 29.4 Å². The third-order valence-electron chi connectivity index (χ3n) is 5.96. The molecular formula is C26H23F3N6O3. The summed E-state index contributed by atoms with van der Waals surface area (Å²) in [6.45, 7) is 3.57. The molecule has 0 aliphatic carbocycles. The predicted octanol–water partition coefficient (Wildman–Crippen LogP) is 3.85. The first kappa shape index (κ1) is 26.3. The molecule has 0 spiro atoms. The van der Waals surface area contributed by atoms with Crippen LogP contribution in [0.5, 0.6) is 0 Å². The number of primary amides is 1. The lowest BCUT2D eigenvalue weighted by Gasteiger charge is -2.34. The molecular weight excluding hydrogens is 501 g/mol. The van der Waals surface area contributed by atoms with E-state index in [0.717, 1.165) is 5.69 Å². The molecule has 2 aromatic carbocycles. The molecule has 4 rings (SSSR count). The van der Waals surface area contributed by atoms with Crippen molar-refractivity contribution in [1.29, 1.82) is 0 Å². The molecule has 0 radical (unpaired) electrons. The van der Waals surface area contributed by atoms with Gasteiger partial charge in [-0.15, -0.1) is 0 Å². The maximum Gasteiger partial charge on any atom is 0.420 e. The van der Waals surface area contributed by atoms with Crippen LogP contribution in [0.15, 0.2) is 48.7 Å². The average Bonchev–Trinajstić information content (AvgIpc) is 2.88. The number of carbonyl (C=O) groups is 2. The molecule has 9 nitrogen and oxygen atoms in total. The normalized spacial score (nSPS) is 13.5. The van der Waals surface area contributed by atoms with E-state index in [1.54, 1.807) is 31.2 Å². The lowest BCUT2D eigenvalue weighted by Crippen LogP contribution is -2.48. The Labute approximate surface area is 216 Å². The summed E-state index contributed by atoms with van der Waals surface area (Å²) in [6.07, 6.45) is -5.00. The third-order valence-corrected chi connectivity index (χ3v) is 5.96. The molecule has 12 heteroatoms. The van der Waals surface area contributed by atoms with E-state index >= 15 is 0 Å². The van der Waals surface area contributed by atoms with Gasteiger partial charge in [0.05, 0.1) is 0 Å². The van der Waals surface area contributed by atoms with Gasteiger partial charge in [-0.3, -0.25) is 4.79 Å². The molecule has 4 N–H and O–H groups in total. The zero-order valence-corrected chi connectivity index (χ0v) is 20.2. The standard InChI is InChI=1S/C26H23F3N6O3/c1-16-2-3-17(14-20(16)23(30)36)4-9-22-21(26(27,28)29)15-31-24(33-22)32-18-5-7-19(8-6-18)34-10-12-35(13-11-34)25(37)38/h2-3,5-8,14-15H,10-13H2,1H3,(H2,30,36)(H,37,38)(H,31,32,33). The molecule has 0 atom stereocenters. The Morgan fingerprint density at radius 3 is 2.34 bits per heavy atom. The summed E-state index contributed by atoms with van der Waals surface area (Å²) in [7, 11) is 0. The van der Waals surface area contributed by atoms with Gasteiger partial charge in [0, 0.05) is 54.9 Å². The van der Waals surface area contributed by atoms with Gasteiger partial charge in [-0.2, -0.15) is 13.2 Å². The summed E-state index contributed by atoms with van der Waals surface area (Å²) in [4.78, 5) is 33.8. The number of aromatic nitrogens is 2. The second kappa shape index (κ2) is 10.7. The van der Waals surface area contributed by atoms with Crippen molar-refractivity contribution in [1.82, 2.24) is 14.9 Å².